The quantitative estimate of drug-likeness (QED) is 0.668. The normalized spacial score (nSPS) is 30.6. The van der Waals surface area contributed by atoms with Gasteiger partial charge >= 0.3 is 5.97 Å². The first-order chi connectivity index (χ1) is 5.18. The van der Waals surface area contributed by atoms with E-state index in [2.05, 4.69) is 0 Å². The van der Waals surface area contributed by atoms with Gasteiger partial charge in [-0.3, -0.25) is 9.18 Å². The molecule has 4 heteroatoms. The van der Waals surface area contributed by atoms with Gasteiger partial charge in [-0.05, 0) is 6.42 Å². The maximum atomic E-state index is 12.4. The molecule has 64 valence electrons. The topological polar surface area (TPSA) is 46.5 Å². The molecule has 1 rings (SSSR count). The van der Waals surface area contributed by atoms with E-state index in [1.807, 2.05) is 0 Å². The van der Waals surface area contributed by atoms with Crippen molar-refractivity contribution in [3.63, 3.8) is 0 Å². The van der Waals surface area contributed by atoms with Crippen LogP contribution in [-0.2, 0) is 9.53 Å². The van der Waals surface area contributed by atoms with Crippen LogP contribution in [0.2, 0.25) is 0 Å². The lowest BCUT2D eigenvalue weighted by atomic mass is 9.85. The molecule has 1 aliphatic rings. The van der Waals surface area contributed by atoms with Crippen LogP contribution in [0.5, 0.6) is 0 Å². The molecule has 0 aliphatic carbocycles. The summed E-state index contributed by atoms with van der Waals surface area (Å²) in [5.74, 6) is -0.951. The second-order valence-electron chi connectivity index (χ2n) is 3.01. The van der Waals surface area contributed by atoms with E-state index in [9.17, 15) is 9.18 Å². The zero-order valence-corrected chi connectivity index (χ0v) is 6.18. The van der Waals surface area contributed by atoms with E-state index in [1.54, 1.807) is 0 Å². The highest BCUT2D eigenvalue weighted by Crippen LogP contribution is 2.32. The fourth-order valence-corrected chi connectivity index (χ4v) is 1.26. The summed E-state index contributed by atoms with van der Waals surface area (Å²) in [5, 5.41) is 8.45. The predicted octanol–water partition coefficient (Wildman–Crippen LogP) is 0.837. The summed E-state index contributed by atoms with van der Waals surface area (Å²) in [5.41, 5.74) is -0.730. The molecule has 1 atom stereocenters. The van der Waals surface area contributed by atoms with Gasteiger partial charge in [0.2, 0.25) is 0 Å². The maximum absolute atomic E-state index is 12.4. The van der Waals surface area contributed by atoms with Crippen LogP contribution in [-0.4, -0.2) is 31.0 Å². The van der Waals surface area contributed by atoms with Crippen molar-refractivity contribution in [1.82, 2.24) is 0 Å². The molecule has 0 spiro atoms. The molecular formula is C7H11FO3. The highest BCUT2D eigenvalue weighted by atomic mass is 19.1. The van der Waals surface area contributed by atoms with Crippen molar-refractivity contribution in [1.29, 1.82) is 0 Å². The SMILES string of the molecule is O=C(O)CC1(CF)CCOC1. The van der Waals surface area contributed by atoms with Gasteiger partial charge in [0, 0.05) is 12.0 Å². The average Bonchev–Trinajstić information content (AvgIpc) is 2.36. The van der Waals surface area contributed by atoms with Crippen molar-refractivity contribution in [2.75, 3.05) is 19.9 Å². The number of hydrogen-bond acceptors (Lipinski definition) is 2. The van der Waals surface area contributed by atoms with Crippen LogP contribution in [0, 0.1) is 5.41 Å². The Bertz CT molecular complexity index is 152. The zero-order chi connectivity index (χ0) is 8.32. The summed E-state index contributed by atoms with van der Waals surface area (Å²) in [7, 11) is 0. The fraction of sp³-hybridized carbons (Fsp3) is 0.857. The number of ether oxygens (including phenoxy) is 1. The van der Waals surface area contributed by atoms with Gasteiger partial charge < -0.3 is 9.84 Å². The van der Waals surface area contributed by atoms with Crippen molar-refractivity contribution in [2.45, 2.75) is 12.8 Å². The molecule has 0 amide bonds. The molecular weight excluding hydrogens is 151 g/mol. The second-order valence-corrected chi connectivity index (χ2v) is 3.01. The minimum absolute atomic E-state index is 0.122. The van der Waals surface area contributed by atoms with Crippen LogP contribution in [0.3, 0.4) is 0 Å². The molecule has 0 radical (unpaired) electrons. The van der Waals surface area contributed by atoms with E-state index in [0.717, 1.165) is 0 Å². The minimum Gasteiger partial charge on any atom is -0.481 e. The first-order valence-corrected chi connectivity index (χ1v) is 3.54. The lowest BCUT2D eigenvalue weighted by Crippen LogP contribution is -2.27. The van der Waals surface area contributed by atoms with Gasteiger partial charge in [0.05, 0.1) is 19.7 Å². The van der Waals surface area contributed by atoms with Crippen molar-refractivity contribution in [3.8, 4) is 0 Å². The molecule has 1 aliphatic heterocycles. The summed E-state index contributed by atoms with van der Waals surface area (Å²) < 4.78 is 17.3. The van der Waals surface area contributed by atoms with Crippen LogP contribution in [0.15, 0.2) is 0 Å². The number of alkyl halides is 1. The lowest BCUT2D eigenvalue weighted by Gasteiger charge is -2.20. The van der Waals surface area contributed by atoms with Gasteiger partial charge in [0.1, 0.15) is 0 Å². The van der Waals surface area contributed by atoms with Crippen LogP contribution in [0.1, 0.15) is 12.8 Å². The molecule has 1 saturated heterocycles. The second kappa shape index (κ2) is 3.17. The summed E-state index contributed by atoms with van der Waals surface area (Å²) in [6.07, 6.45) is 0.402. The molecule has 0 bridgehead atoms. The first-order valence-electron chi connectivity index (χ1n) is 3.54. The number of carbonyl (C=O) groups is 1. The average molecular weight is 162 g/mol. The predicted molar refractivity (Wildman–Crippen MR) is 36.1 cm³/mol. The fourth-order valence-electron chi connectivity index (χ4n) is 1.26. The van der Waals surface area contributed by atoms with Gasteiger partial charge in [-0.15, -0.1) is 0 Å². The van der Waals surface area contributed by atoms with E-state index in [-0.39, 0.29) is 13.0 Å². The van der Waals surface area contributed by atoms with E-state index in [1.165, 1.54) is 0 Å². The highest BCUT2D eigenvalue weighted by molar-refractivity contribution is 5.67. The summed E-state index contributed by atoms with van der Waals surface area (Å²) in [6.45, 7) is 0.131. The Morgan fingerprint density at radius 3 is 2.82 bits per heavy atom. The molecule has 11 heavy (non-hydrogen) atoms. The Morgan fingerprint density at radius 1 is 1.73 bits per heavy atom. The molecule has 1 fully saturated rings. The van der Waals surface area contributed by atoms with Gasteiger partial charge in [0.25, 0.3) is 0 Å². The molecule has 0 aromatic rings. The monoisotopic (exact) mass is 162 g/mol. The van der Waals surface area contributed by atoms with Gasteiger partial charge in [0.15, 0.2) is 0 Å². The van der Waals surface area contributed by atoms with Crippen LogP contribution >= 0.6 is 0 Å². The number of carboxylic acids is 1. The van der Waals surface area contributed by atoms with Crippen LogP contribution in [0.4, 0.5) is 4.39 Å². The summed E-state index contributed by atoms with van der Waals surface area (Å²) in [4.78, 5) is 10.3. The Morgan fingerprint density at radius 2 is 2.45 bits per heavy atom. The van der Waals surface area contributed by atoms with Gasteiger partial charge in [-0.2, -0.15) is 0 Å². The third-order valence-corrected chi connectivity index (χ3v) is 1.99. The van der Waals surface area contributed by atoms with Crippen molar-refractivity contribution in [3.05, 3.63) is 0 Å². The number of hydrogen-bond donors (Lipinski definition) is 1. The van der Waals surface area contributed by atoms with Crippen molar-refractivity contribution in [2.24, 2.45) is 5.41 Å². The Balaban J connectivity index is 2.52. The Kier molecular flexibility index (Phi) is 2.44. The first kappa shape index (κ1) is 8.46. The molecule has 3 nitrogen and oxygen atoms in total. The molecule has 1 unspecified atom stereocenters. The number of carboxylic acid groups (broad SMARTS) is 1. The summed E-state index contributed by atoms with van der Waals surface area (Å²) in [6, 6.07) is 0. The van der Waals surface area contributed by atoms with E-state index in [0.29, 0.717) is 13.0 Å². The van der Waals surface area contributed by atoms with Crippen LogP contribution in [0.25, 0.3) is 0 Å². The van der Waals surface area contributed by atoms with E-state index >= 15 is 0 Å². The molecule has 0 saturated carbocycles. The maximum Gasteiger partial charge on any atom is 0.304 e. The zero-order valence-electron chi connectivity index (χ0n) is 6.18. The van der Waals surface area contributed by atoms with E-state index in [4.69, 9.17) is 9.84 Å². The largest absolute Gasteiger partial charge is 0.481 e. The number of rotatable bonds is 3. The van der Waals surface area contributed by atoms with E-state index < -0.39 is 18.1 Å². The highest BCUT2D eigenvalue weighted by Gasteiger charge is 2.37. The van der Waals surface area contributed by atoms with Gasteiger partial charge in [-0.25, -0.2) is 0 Å². The molecule has 1 heterocycles. The Hall–Kier alpha value is -0.640. The Labute approximate surface area is 64.2 Å². The number of aliphatic carboxylic acids is 1. The van der Waals surface area contributed by atoms with Crippen molar-refractivity contribution >= 4 is 5.97 Å². The van der Waals surface area contributed by atoms with Crippen LogP contribution < -0.4 is 0 Å². The number of halogens is 1. The van der Waals surface area contributed by atoms with Gasteiger partial charge in [-0.1, -0.05) is 0 Å². The molecule has 1 N–H and O–H groups in total. The third-order valence-electron chi connectivity index (χ3n) is 1.99. The standard InChI is InChI=1S/C7H11FO3/c8-4-7(3-6(9)10)1-2-11-5-7/h1-5H2,(H,9,10). The minimum atomic E-state index is -0.951. The lowest BCUT2D eigenvalue weighted by molar-refractivity contribution is -0.140. The summed E-state index contributed by atoms with van der Waals surface area (Å²) >= 11 is 0. The third kappa shape index (κ3) is 1.89. The van der Waals surface area contributed by atoms with Crippen molar-refractivity contribution < 1.29 is 19.0 Å². The molecule has 0 aromatic carbocycles. The molecule has 0 aromatic heterocycles. The smallest absolute Gasteiger partial charge is 0.304 e.